The van der Waals surface area contributed by atoms with Gasteiger partial charge in [-0.2, -0.15) is 0 Å². The number of nitrogens with one attached hydrogen (secondary N) is 2. The zero-order valence-corrected chi connectivity index (χ0v) is 16.1. The van der Waals surface area contributed by atoms with Crippen molar-refractivity contribution in [3.63, 3.8) is 0 Å². The van der Waals surface area contributed by atoms with E-state index in [2.05, 4.69) is 30.6 Å². The smallest absolute Gasteiger partial charge is 0.326 e. The fourth-order valence-electron chi connectivity index (χ4n) is 2.68. The van der Waals surface area contributed by atoms with Crippen molar-refractivity contribution < 1.29 is 24.6 Å². The first-order valence-electron chi connectivity index (χ1n) is 9.15. The average molecular weight is 425 g/mol. The van der Waals surface area contributed by atoms with E-state index < -0.39 is 23.9 Å². The number of carboxylic acid groups (broad SMARTS) is 2. The van der Waals surface area contributed by atoms with Crippen LogP contribution in [-0.2, 0) is 16.1 Å². The summed E-state index contributed by atoms with van der Waals surface area (Å²) in [5.41, 5.74) is 8.13. The zero-order chi connectivity index (χ0) is 22.4. The molecule has 0 radical (unpaired) electrons. The van der Waals surface area contributed by atoms with Gasteiger partial charge in [-0.1, -0.05) is 0 Å². The minimum atomic E-state index is -1.30. The predicted molar refractivity (Wildman–Crippen MR) is 109 cm³/mol. The molecule has 1 amide bonds. The second-order valence-corrected chi connectivity index (χ2v) is 6.52. The topological polar surface area (TPSA) is 193 Å². The summed E-state index contributed by atoms with van der Waals surface area (Å²) in [7, 11) is 0. The minimum Gasteiger partial charge on any atom is -0.481 e. The third-order valence-corrected chi connectivity index (χ3v) is 4.29. The number of hydrogen-bond donors (Lipinski definition) is 5. The van der Waals surface area contributed by atoms with Gasteiger partial charge in [-0.25, -0.2) is 24.7 Å². The second-order valence-electron chi connectivity index (χ2n) is 6.52. The maximum Gasteiger partial charge on any atom is 0.326 e. The lowest BCUT2D eigenvalue weighted by molar-refractivity contribution is -0.140. The minimum absolute atomic E-state index is 0.210. The van der Waals surface area contributed by atoms with Gasteiger partial charge in [0.2, 0.25) is 0 Å². The standard InChI is InChI=1S/C19H19N7O5/c20-16-15-17(24-9-23-16)22-8-12(25-15)7-21-11-3-1-10(2-4-11)18(29)26-13(19(30)31)5-6-14(27)28/h1-4,8-9,13,21H,5-7H2,(H,26,29)(H,27,28)(H,30,31)(H2,20,22,23,24). The third-order valence-electron chi connectivity index (χ3n) is 4.29. The Kier molecular flexibility index (Phi) is 6.50. The molecule has 12 heteroatoms. The summed E-state index contributed by atoms with van der Waals surface area (Å²) < 4.78 is 0. The van der Waals surface area contributed by atoms with Crippen molar-refractivity contribution in [2.75, 3.05) is 11.1 Å². The molecule has 3 aromatic rings. The van der Waals surface area contributed by atoms with Gasteiger partial charge >= 0.3 is 11.9 Å². The molecular weight excluding hydrogens is 406 g/mol. The number of benzene rings is 1. The van der Waals surface area contributed by atoms with Crippen molar-refractivity contribution in [1.29, 1.82) is 0 Å². The molecule has 0 aliphatic heterocycles. The lowest BCUT2D eigenvalue weighted by Crippen LogP contribution is -2.41. The number of aromatic nitrogens is 4. The molecule has 6 N–H and O–H groups in total. The number of carbonyl (C=O) groups excluding carboxylic acids is 1. The fraction of sp³-hybridized carbons (Fsp3) is 0.211. The Morgan fingerprint density at radius 3 is 2.48 bits per heavy atom. The van der Waals surface area contributed by atoms with Crippen LogP contribution in [0.2, 0.25) is 0 Å². The number of carboxylic acids is 2. The van der Waals surface area contributed by atoms with Crippen molar-refractivity contribution in [3.8, 4) is 0 Å². The van der Waals surface area contributed by atoms with Crippen molar-refractivity contribution in [1.82, 2.24) is 25.3 Å². The molecule has 0 bridgehead atoms. The number of nitrogens with two attached hydrogens (primary N) is 1. The van der Waals surface area contributed by atoms with E-state index in [4.69, 9.17) is 15.9 Å². The molecule has 0 saturated carbocycles. The van der Waals surface area contributed by atoms with E-state index in [1.54, 1.807) is 18.3 Å². The Morgan fingerprint density at radius 2 is 1.81 bits per heavy atom. The Bertz CT molecular complexity index is 1120. The first-order chi connectivity index (χ1) is 14.8. The van der Waals surface area contributed by atoms with E-state index in [0.29, 0.717) is 29.1 Å². The highest BCUT2D eigenvalue weighted by molar-refractivity contribution is 5.97. The highest BCUT2D eigenvalue weighted by atomic mass is 16.4. The summed E-state index contributed by atoms with van der Waals surface area (Å²) >= 11 is 0. The summed E-state index contributed by atoms with van der Waals surface area (Å²) in [4.78, 5) is 50.6. The van der Waals surface area contributed by atoms with Crippen molar-refractivity contribution in [2.45, 2.75) is 25.4 Å². The molecule has 0 saturated heterocycles. The Labute approximate surface area is 175 Å². The predicted octanol–water partition coefficient (Wildman–Crippen LogP) is 0.662. The molecule has 0 aliphatic rings. The summed E-state index contributed by atoms with van der Waals surface area (Å²) in [5, 5.41) is 23.3. The molecular formula is C19H19N7O5. The van der Waals surface area contributed by atoms with Gasteiger partial charge in [0.05, 0.1) is 18.4 Å². The molecule has 31 heavy (non-hydrogen) atoms. The molecule has 0 aliphatic carbocycles. The second kappa shape index (κ2) is 9.43. The van der Waals surface area contributed by atoms with Crippen molar-refractivity contribution in [2.24, 2.45) is 0 Å². The maximum absolute atomic E-state index is 12.3. The van der Waals surface area contributed by atoms with Crippen LogP contribution >= 0.6 is 0 Å². The number of hydrogen-bond acceptors (Lipinski definition) is 9. The molecule has 1 atom stereocenters. The van der Waals surface area contributed by atoms with Crippen LogP contribution in [0, 0.1) is 0 Å². The fourth-order valence-corrected chi connectivity index (χ4v) is 2.68. The van der Waals surface area contributed by atoms with Gasteiger partial charge in [-0.15, -0.1) is 0 Å². The van der Waals surface area contributed by atoms with Crippen LogP contribution in [0.4, 0.5) is 11.5 Å². The summed E-state index contributed by atoms with van der Waals surface area (Å²) in [6, 6.07) is 5.04. The SMILES string of the molecule is Nc1ncnc2ncc(CNc3ccc(C(=O)NC(CCC(=O)O)C(=O)O)cc3)nc12. The van der Waals surface area contributed by atoms with Crippen LogP contribution in [0.25, 0.3) is 11.2 Å². The molecule has 1 aromatic carbocycles. The average Bonchev–Trinajstić information content (AvgIpc) is 2.75. The van der Waals surface area contributed by atoms with E-state index >= 15 is 0 Å². The number of nitrogen functional groups attached to an aromatic ring is 1. The molecule has 2 aromatic heterocycles. The molecule has 12 nitrogen and oxygen atoms in total. The van der Waals surface area contributed by atoms with Gasteiger partial charge in [0.1, 0.15) is 12.4 Å². The first-order valence-corrected chi connectivity index (χ1v) is 9.15. The Morgan fingerprint density at radius 1 is 1.06 bits per heavy atom. The van der Waals surface area contributed by atoms with Gasteiger partial charge in [0, 0.05) is 17.7 Å². The van der Waals surface area contributed by atoms with E-state index in [0.717, 1.165) is 0 Å². The highest BCUT2D eigenvalue weighted by Gasteiger charge is 2.21. The first kappa shape index (κ1) is 21.4. The molecule has 0 fully saturated rings. The summed E-state index contributed by atoms with van der Waals surface area (Å²) in [6.07, 6.45) is 2.30. The molecule has 3 rings (SSSR count). The lowest BCUT2D eigenvalue weighted by Gasteiger charge is -2.14. The molecule has 1 unspecified atom stereocenters. The molecule has 2 heterocycles. The number of amides is 1. The van der Waals surface area contributed by atoms with Gasteiger partial charge in [0.15, 0.2) is 17.0 Å². The van der Waals surface area contributed by atoms with Crippen LogP contribution in [0.5, 0.6) is 0 Å². The molecule has 160 valence electrons. The van der Waals surface area contributed by atoms with Gasteiger partial charge in [0.25, 0.3) is 5.91 Å². The monoisotopic (exact) mass is 425 g/mol. The highest BCUT2D eigenvalue weighted by Crippen LogP contribution is 2.14. The zero-order valence-electron chi connectivity index (χ0n) is 16.1. The van der Waals surface area contributed by atoms with Crippen LogP contribution < -0.4 is 16.4 Å². The number of nitrogens with zero attached hydrogens (tertiary/aromatic N) is 4. The maximum atomic E-state index is 12.3. The van der Waals surface area contributed by atoms with Crippen LogP contribution in [-0.4, -0.2) is 54.0 Å². The Hall–Kier alpha value is -4.35. The van der Waals surface area contributed by atoms with Gasteiger partial charge in [-0.05, 0) is 30.7 Å². The number of rotatable bonds is 9. The quantitative estimate of drug-likeness (QED) is 0.323. The van der Waals surface area contributed by atoms with Crippen molar-refractivity contribution in [3.05, 3.63) is 48.0 Å². The van der Waals surface area contributed by atoms with Crippen LogP contribution in [0.15, 0.2) is 36.8 Å². The van der Waals surface area contributed by atoms with Crippen LogP contribution in [0.3, 0.4) is 0 Å². The largest absolute Gasteiger partial charge is 0.481 e. The van der Waals surface area contributed by atoms with E-state index in [1.165, 1.54) is 18.5 Å². The number of anilines is 2. The lowest BCUT2D eigenvalue weighted by atomic mass is 10.1. The third kappa shape index (κ3) is 5.59. The van der Waals surface area contributed by atoms with E-state index in [-0.39, 0.29) is 24.2 Å². The summed E-state index contributed by atoms with van der Waals surface area (Å²) in [5.74, 6) is -2.81. The van der Waals surface area contributed by atoms with Crippen molar-refractivity contribution >= 4 is 40.5 Å². The van der Waals surface area contributed by atoms with E-state index in [9.17, 15) is 14.4 Å². The summed E-state index contributed by atoms with van der Waals surface area (Å²) in [6.45, 7) is 0.332. The molecule has 0 spiro atoms. The van der Waals surface area contributed by atoms with Crippen LogP contribution in [0.1, 0.15) is 28.9 Å². The Balaban J connectivity index is 1.60. The number of carbonyl (C=O) groups is 3. The number of aliphatic carboxylic acids is 2. The van der Waals surface area contributed by atoms with Gasteiger partial charge in [-0.3, -0.25) is 9.59 Å². The van der Waals surface area contributed by atoms with E-state index in [1.807, 2.05) is 0 Å². The van der Waals surface area contributed by atoms with Gasteiger partial charge < -0.3 is 26.6 Å². The number of fused-ring (bicyclic) bond motifs is 1. The normalized spacial score (nSPS) is 11.6.